The van der Waals surface area contributed by atoms with Crippen molar-refractivity contribution >= 4 is 24.6 Å². The second kappa shape index (κ2) is 5.60. The molecule has 0 aliphatic heterocycles. The SMILES string of the molecule is COC(=O)C=Cc1c(C=O)cccc1C=O. The molecular weight excluding hydrogens is 208 g/mol. The van der Waals surface area contributed by atoms with Crippen LogP contribution in [0.15, 0.2) is 24.3 Å². The Morgan fingerprint density at radius 3 is 2.19 bits per heavy atom. The fourth-order valence-corrected chi connectivity index (χ4v) is 1.22. The number of ether oxygens (including phenoxy) is 1. The van der Waals surface area contributed by atoms with Crippen molar-refractivity contribution < 1.29 is 19.1 Å². The van der Waals surface area contributed by atoms with Gasteiger partial charge in [0, 0.05) is 17.2 Å². The maximum Gasteiger partial charge on any atom is 0.330 e. The molecule has 0 radical (unpaired) electrons. The predicted octanol–water partition coefficient (Wildman–Crippen LogP) is 1.50. The number of methoxy groups -OCH3 is 1. The van der Waals surface area contributed by atoms with Gasteiger partial charge in [0.05, 0.1) is 7.11 Å². The largest absolute Gasteiger partial charge is 0.466 e. The minimum absolute atomic E-state index is 0.352. The minimum Gasteiger partial charge on any atom is -0.466 e. The summed E-state index contributed by atoms with van der Waals surface area (Å²) >= 11 is 0. The Balaban J connectivity index is 3.18. The number of carbonyl (C=O) groups is 3. The van der Waals surface area contributed by atoms with Crippen molar-refractivity contribution in [1.29, 1.82) is 0 Å². The number of esters is 1. The van der Waals surface area contributed by atoms with Crippen molar-refractivity contribution in [3.63, 3.8) is 0 Å². The van der Waals surface area contributed by atoms with E-state index in [1.165, 1.54) is 13.2 Å². The lowest BCUT2D eigenvalue weighted by Crippen LogP contribution is -1.96. The van der Waals surface area contributed by atoms with E-state index in [1.54, 1.807) is 18.2 Å². The van der Waals surface area contributed by atoms with E-state index in [4.69, 9.17) is 0 Å². The van der Waals surface area contributed by atoms with Gasteiger partial charge < -0.3 is 4.74 Å². The van der Waals surface area contributed by atoms with E-state index >= 15 is 0 Å². The van der Waals surface area contributed by atoms with E-state index in [1.807, 2.05) is 0 Å². The van der Waals surface area contributed by atoms with Crippen molar-refractivity contribution in [3.05, 3.63) is 41.0 Å². The Kier molecular flexibility index (Phi) is 4.15. The standard InChI is InChI=1S/C12H10O4/c1-16-12(15)6-5-11-9(7-13)3-2-4-10(11)8-14/h2-8H,1H3. The number of rotatable bonds is 4. The van der Waals surface area contributed by atoms with E-state index in [9.17, 15) is 14.4 Å². The topological polar surface area (TPSA) is 60.4 Å². The van der Waals surface area contributed by atoms with Crippen LogP contribution in [0.1, 0.15) is 26.3 Å². The van der Waals surface area contributed by atoms with E-state index < -0.39 is 5.97 Å². The zero-order valence-electron chi connectivity index (χ0n) is 8.67. The smallest absolute Gasteiger partial charge is 0.330 e. The summed E-state index contributed by atoms with van der Waals surface area (Å²) in [4.78, 5) is 32.4. The monoisotopic (exact) mass is 218 g/mol. The summed E-state index contributed by atoms with van der Waals surface area (Å²) in [5, 5.41) is 0. The Bertz CT molecular complexity index is 420. The first-order valence-electron chi connectivity index (χ1n) is 4.52. The summed E-state index contributed by atoms with van der Waals surface area (Å²) in [6.45, 7) is 0. The molecule has 0 aromatic heterocycles. The molecule has 82 valence electrons. The molecule has 0 bridgehead atoms. The number of benzene rings is 1. The lowest BCUT2D eigenvalue weighted by molar-refractivity contribution is -0.134. The molecule has 0 saturated carbocycles. The van der Waals surface area contributed by atoms with Gasteiger partial charge in [-0.2, -0.15) is 0 Å². The zero-order valence-corrected chi connectivity index (χ0v) is 8.67. The van der Waals surface area contributed by atoms with Gasteiger partial charge in [-0.25, -0.2) is 4.79 Å². The highest BCUT2D eigenvalue weighted by atomic mass is 16.5. The molecule has 0 N–H and O–H groups in total. The van der Waals surface area contributed by atoms with Gasteiger partial charge in [-0.05, 0) is 11.6 Å². The van der Waals surface area contributed by atoms with Crippen LogP contribution in [-0.4, -0.2) is 25.7 Å². The highest BCUT2D eigenvalue weighted by Gasteiger charge is 2.04. The third kappa shape index (κ3) is 2.63. The van der Waals surface area contributed by atoms with Gasteiger partial charge in [-0.1, -0.05) is 18.2 Å². The molecule has 0 aliphatic carbocycles. The summed E-state index contributed by atoms with van der Waals surface area (Å²) in [6.07, 6.45) is 3.81. The van der Waals surface area contributed by atoms with Crippen LogP contribution in [0.25, 0.3) is 6.08 Å². The summed E-state index contributed by atoms with van der Waals surface area (Å²) in [6, 6.07) is 4.73. The van der Waals surface area contributed by atoms with E-state index in [2.05, 4.69) is 4.74 Å². The quantitative estimate of drug-likeness (QED) is 0.436. The number of hydrogen-bond acceptors (Lipinski definition) is 4. The predicted molar refractivity (Wildman–Crippen MR) is 58.3 cm³/mol. The second-order valence-electron chi connectivity index (χ2n) is 2.94. The van der Waals surface area contributed by atoms with Crippen molar-refractivity contribution in [2.45, 2.75) is 0 Å². The maximum atomic E-state index is 10.9. The molecule has 16 heavy (non-hydrogen) atoms. The van der Waals surface area contributed by atoms with Gasteiger partial charge >= 0.3 is 5.97 Å². The van der Waals surface area contributed by atoms with Gasteiger partial charge in [0.15, 0.2) is 12.6 Å². The molecule has 0 atom stereocenters. The first kappa shape index (κ1) is 11.8. The Morgan fingerprint density at radius 1 is 1.19 bits per heavy atom. The fourth-order valence-electron chi connectivity index (χ4n) is 1.22. The molecule has 0 heterocycles. The molecular formula is C12H10O4. The minimum atomic E-state index is -0.544. The molecule has 0 aliphatic rings. The van der Waals surface area contributed by atoms with Gasteiger partial charge in [0.1, 0.15) is 0 Å². The maximum absolute atomic E-state index is 10.9. The van der Waals surface area contributed by atoms with Crippen LogP contribution in [-0.2, 0) is 9.53 Å². The number of aldehydes is 2. The van der Waals surface area contributed by atoms with Gasteiger partial charge in [0.25, 0.3) is 0 Å². The average molecular weight is 218 g/mol. The lowest BCUT2D eigenvalue weighted by Gasteiger charge is -2.01. The molecule has 0 fully saturated rings. The molecule has 0 unspecified atom stereocenters. The van der Waals surface area contributed by atoms with Crippen LogP contribution in [0.5, 0.6) is 0 Å². The summed E-state index contributed by atoms with van der Waals surface area (Å²) < 4.78 is 4.42. The zero-order chi connectivity index (χ0) is 12.0. The van der Waals surface area contributed by atoms with E-state index in [0.717, 1.165) is 6.08 Å². The second-order valence-corrected chi connectivity index (χ2v) is 2.94. The highest BCUT2D eigenvalue weighted by molar-refractivity contribution is 5.94. The molecule has 0 spiro atoms. The molecule has 4 nitrogen and oxygen atoms in total. The van der Waals surface area contributed by atoms with Crippen molar-refractivity contribution in [2.75, 3.05) is 7.11 Å². The van der Waals surface area contributed by atoms with Crippen LogP contribution < -0.4 is 0 Å². The third-order valence-corrected chi connectivity index (χ3v) is 2.01. The van der Waals surface area contributed by atoms with Crippen LogP contribution in [0.4, 0.5) is 0 Å². The third-order valence-electron chi connectivity index (χ3n) is 2.01. The van der Waals surface area contributed by atoms with Crippen LogP contribution in [0.3, 0.4) is 0 Å². The summed E-state index contributed by atoms with van der Waals surface area (Å²) in [7, 11) is 1.25. The van der Waals surface area contributed by atoms with Gasteiger partial charge in [-0.15, -0.1) is 0 Å². The van der Waals surface area contributed by atoms with Crippen molar-refractivity contribution in [2.24, 2.45) is 0 Å². The van der Waals surface area contributed by atoms with Gasteiger partial charge in [0.2, 0.25) is 0 Å². The Labute approximate surface area is 92.5 Å². The molecule has 0 amide bonds. The first-order chi connectivity index (χ1) is 7.72. The van der Waals surface area contributed by atoms with Crippen LogP contribution >= 0.6 is 0 Å². The molecule has 1 rings (SSSR count). The fraction of sp³-hybridized carbons (Fsp3) is 0.0833. The van der Waals surface area contributed by atoms with Gasteiger partial charge in [-0.3, -0.25) is 9.59 Å². The molecule has 1 aromatic rings. The van der Waals surface area contributed by atoms with Crippen molar-refractivity contribution in [1.82, 2.24) is 0 Å². The molecule has 1 aromatic carbocycles. The number of hydrogen-bond donors (Lipinski definition) is 0. The summed E-state index contributed by atoms with van der Waals surface area (Å²) in [5.74, 6) is -0.544. The highest BCUT2D eigenvalue weighted by Crippen LogP contribution is 2.13. The summed E-state index contributed by atoms with van der Waals surface area (Å²) in [5.41, 5.74) is 1.12. The van der Waals surface area contributed by atoms with Crippen LogP contribution in [0, 0.1) is 0 Å². The first-order valence-corrected chi connectivity index (χ1v) is 4.52. The normalized spacial score (nSPS) is 10.1. The average Bonchev–Trinajstić information content (AvgIpc) is 2.35. The lowest BCUT2D eigenvalue weighted by atomic mass is 10.0. The van der Waals surface area contributed by atoms with E-state index in [-0.39, 0.29) is 0 Å². The number of carbonyl (C=O) groups excluding carboxylic acids is 3. The Morgan fingerprint density at radius 2 is 1.75 bits per heavy atom. The Hall–Kier alpha value is -2.23. The van der Waals surface area contributed by atoms with E-state index in [0.29, 0.717) is 29.3 Å². The molecule has 0 saturated heterocycles. The van der Waals surface area contributed by atoms with Crippen molar-refractivity contribution in [3.8, 4) is 0 Å². The molecule has 4 heteroatoms. The van der Waals surface area contributed by atoms with Crippen LogP contribution in [0.2, 0.25) is 0 Å².